The minimum atomic E-state index is -0.314. The average Bonchev–Trinajstić information content (AvgIpc) is 2.00. The Morgan fingerprint density at radius 1 is 1.50 bits per heavy atom. The minimum absolute atomic E-state index is 0.00148. The third-order valence-electron chi connectivity index (χ3n) is 2.17. The second kappa shape index (κ2) is 4.75. The van der Waals surface area contributed by atoms with Crippen LogP contribution >= 0.6 is 0 Å². The Morgan fingerprint density at radius 2 is 2.14 bits per heavy atom. The van der Waals surface area contributed by atoms with Gasteiger partial charge in [0, 0.05) is 19.1 Å². The molecule has 0 saturated carbocycles. The summed E-state index contributed by atoms with van der Waals surface area (Å²) in [5.41, 5.74) is 0. The zero-order valence-electron chi connectivity index (χ0n) is 9.41. The molecule has 1 aliphatic rings. The smallest absolute Gasteiger partial charge is 0.250 e. The van der Waals surface area contributed by atoms with Gasteiger partial charge in [0.25, 0.3) is 5.91 Å². The Hall–Kier alpha value is -0.610. The van der Waals surface area contributed by atoms with Crippen molar-refractivity contribution < 1.29 is 9.53 Å². The van der Waals surface area contributed by atoms with Gasteiger partial charge in [-0.1, -0.05) is 0 Å². The van der Waals surface area contributed by atoms with Gasteiger partial charge in [0.2, 0.25) is 0 Å². The maximum atomic E-state index is 11.6. The Morgan fingerprint density at radius 3 is 2.64 bits per heavy atom. The molecule has 14 heavy (non-hydrogen) atoms. The molecule has 4 heteroatoms. The van der Waals surface area contributed by atoms with Crippen molar-refractivity contribution in [3.8, 4) is 0 Å². The summed E-state index contributed by atoms with van der Waals surface area (Å²) in [4.78, 5) is 13.8. The lowest BCUT2D eigenvalue weighted by molar-refractivity contribution is -0.144. The quantitative estimate of drug-likeness (QED) is 0.694. The van der Waals surface area contributed by atoms with Crippen molar-refractivity contribution in [3.05, 3.63) is 0 Å². The number of hydrogen-bond acceptors (Lipinski definition) is 3. The van der Waals surface area contributed by atoms with E-state index in [-0.39, 0.29) is 24.2 Å². The number of likely N-dealkylation sites (N-methyl/N-ethyl adjacent to an activating group) is 1. The monoisotopic (exact) mass is 200 g/mol. The van der Waals surface area contributed by atoms with Crippen LogP contribution < -0.4 is 5.32 Å². The molecular weight excluding hydrogens is 180 g/mol. The molecule has 1 rings (SSSR count). The lowest BCUT2D eigenvalue weighted by Gasteiger charge is -2.33. The fraction of sp³-hybridized carbons (Fsp3) is 0.900. The molecular formula is C10H20N2O2. The zero-order chi connectivity index (χ0) is 10.7. The van der Waals surface area contributed by atoms with E-state index in [1.165, 1.54) is 0 Å². The second-order valence-corrected chi connectivity index (χ2v) is 4.32. The SMILES string of the molecule is CC(C)NC(=O)[C@H]1CN(C)C[C@@H](C)O1. The van der Waals surface area contributed by atoms with Gasteiger partial charge in [-0.2, -0.15) is 0 Å². The van der Waals surface area contributed by atoms with Crippen molar-refractivity contribution >= 4 is 5.91 Å². The lowest BCUT2D eigenvalue weighted by atomic mass is 10.2. The molecule has 0 radical (unpaired) electrons. The third kappa shape index (κ3) is 3.27. The van der Waals surface area contributed by atoms with Gasteiger partial charge < -0.3 is 15.0 Å². The first-order chi connectivity index (χ1) is 6.49. The molecule has 1 aliphatic heterocycles. The van der Waals surface area contributed by atoms with Crippen LogP contribution in [0.5, 0.6) is 0 Å². The van der Waals surface area contributed by atoms with Gasteiger partial charge in [0.1, 0.15) is 6.10 Å². The van der Waals surface area contributed by atoms with Crippen LogP contribution in [0, 0.1) is 0 Å². The summed E-state index contributed by atoms with van der Waals surface area (Å²) in [6.45, 7) is 7.47. The Bertz CT molecular complexity index is 196. The molecule has 0 spiro atoms. The van der Waals surface area contributed by atoms with Gasteiger partial charge >= 0.3 is 0 Å². The highest BCUT2D eigenvalue weighted by atomic mass is 16.5. The molecule has 1 amide bonds. The highest BCUT2D eigenvalue weighted by Gasteiger charge is 2.28. The van der Waals surface area contributed by atoms with Gasteiger partial charge in [-0.3, -0.25) is 4.79 Å². The fourth-order valence-electron chi connectivity index (χ4n) is 1.69. The molecule has 0 unspecified atom stereocenters. The van der Waals surface area contributed by atoms with Gasteiger partial charge in [-0.05, 0) is 27.8 Å². The van der Waals surface area contributed by atoms with E-state index >= 15 is 0 Å². The number of amides is 1. The molecule has 0 aromatic rings. The Labute approximate surface area is 85.6 Å². The van der Waals surface area contributed by atoms with Crippen LogP contribution in [0.25, 0.3) is 0 Å². The number of carbonyl (C=O) groups is 1. The van der Waals surface area contributed by atoms with Crippen molar-refractivity contribution in [1.82, 2.24) is 10.2 Å². The summed E-state index contributed by atoms with van der Waals surface area (Å²) in [6.07, 6.45) is -0.178. The van der Waals surface area contributed by atoms with Gasteiger partial charge in [0.05, 0.1) is 6.10 Å². The van der Waals surface area contributed by atoms with Crippen LogP contribution in [-0.2, 0) is 9.53 Å². The van der Waals surface area contributed by atoms with E-state index in [1.54, 1.807) is 0 Å². The van der Waals surface area contributed by atoms with E-state index in [4.69, 9.17) is 4.74 Å². The topological polar surface area (TPSA) is 41.6 Å². The summed E-state index contributed by atoms with van der Waals surface area (Å²) >= 11 is 0. The number of nitrogens with zero attached hydrogens (tertiary/aromatic N) is 1. The minimum Gasteiger partial charge on any atom is -0.363 e. The van der Waals surface area contributed by atoms with Crippen LogP contribution in [0.2, 0.25) is 0 Å². The maximum absolute atomic E-state index is 11.6. The highest BCUT2D eigenvalue weighted by Crippen LogP contribution is 2.09. The molecule has 1 fully saturated rings. The third-order valence-corrected chi connectivity index (χ3v) is 2.17. The van der Waals surface area contributed by atoms with E-state index in [1.807, 2.05) is 27.8 Å². The normalized spacial score (nSPS) is 29.2. The van der Waals surface area contributed by atoms with Crippen molar-refractivity contribution in [2.75, 3.05) is 20.1 Å². The van der Waals surface area contributed by atoms with Crippen LogP contribution in [0.4, 0.5) is 0 Å². The Kier molecular flexibility index (Phi) is 3.89. The fourth-order valence-corrected chi connectivity index (χ4v) is 1.69. The van der Waals surface area contributed by atoms with Gasteiger partial charge in [-0.25, -0.2) is 0 Å². The molecule has 2 atom stereocenters. The zero-order valence-corrected chi connectivity index (χ0v) is 9.41. The number of nitrogens with one attached hydrogen (secondary N) is 1. The number of rotatable bonds is 2. The average molecular weight is 200 g/mol. The summed E-state index contributed by atoms with van der Waals surface area (Å²) in [6, 6.07) is 0.175. The van der Waals surface area contributed by atoms with Crippen LogP contribution in [0.15, 0.2) is 0 Å². The highest BCUT2D eigenvalue weighted by molar-refractivity contribution is 5.81. The predicted molar refractivity (Wildman–Crippen MR) is 55.1 cm³/mol. The van der Waals surface area contributed by atoms with Crippen LogP contribution in [-0.4, -0.2) is 49.2 Å². The molecule has 0 bridgehead atoms. The number of hydrogen-bond donors (Lipinski definition) is 1. The summed E-state index contributed by atoms with van der Waals surface area (Å²) in [5.74, 6) is -0.00148. The largest absolute Gasteiger partial charge is 0.363 e. The number of morpholine rings is 1. The van der Waals surface area contributed by atoms with Crippen molar-refractivity contribution in [2.45, 2.75) is 39.0 Å². The molecule has 4 nitrogen and oxygen atoms in total. The van der Waals surface area contributed by atoms with E-state index in [0.717, 1.165) is 6.54 Å². The second-order valence-electron chi connectivity index (χ2n) is 4.32. The molecule has 1 N–H and O–H groups in total. The molecule has 1 saturated heterocycles. The molecule has 0 aromatic heterocycles. The molecule has 0 aliphatic carbocycles. The summed E-state index contributed by atoms with van der Waals surface area (Å²) < 4.78 is 5.57. The summed E-state index contributed by atoms with van der Waals surface area (Å²) in [5, 5.41) is 2.86. The van der Waals surface area contributed by atoms with Crippen molar-refractivity contribution in [2.24, 2.45) is 0 Å². The number of carbonyl (C=O) groups excluding carboxylic acids is 1. The van der Waals surface area contributed by atoms with Crippen LogP contribution in [0.1, 0.15) is 20.8 Å². The molecule has 0 aromatic carbocycles. The first kappa shape index (κ1) is 11.5. The number of ether oxygens (including phenoxy) is 1. The lowest BCUT2D eigenvalue weighted by Crippen LogP contribution is -2.52. The molecule has 1 heterocycles. The predicted octanol–water partition coefficient (Wildman–Crippen LogP) is 0.230. The van der Waals surface area contributed by atoms with Crippen molar-refractivity contribution in [1.29, 1.82) is 0 Å². The van der Waals surface area contributed by atoms with Gasteiger partial charge in [-0.15, -0.1) is 0 Å². The maximum Gasteiger partial charge on any atom is 0.250 e. The van der Waals surface area contributed by atoms with Crippen molar-refractivity contribution in [3.63, 3.8) is 0 Å². The Balaban J connectivity index is 2.46. The van der Waals surface area contributed by atoms with E-state index in [2.05, 4.69) is 10.2 Å². The van der Waals surface area contributed by atoms with E-state index in [9.17, 15) is 4.79 Å². The first-order valence-electron chi connectivity index (χ1n) is 5.13. The molecule has 82 valence electrons. The first-order valence-corrected chi connectivity index (χ1v) is 5.13. The van der Waals surface area contributed by atoms with E-state index < -0.39 is 0 Å². The summed E-state index contributed by atoms with van der Waals surface area (Å²) in [7, 11) is 2.01. The van der Waals surface area contributed by atoms with E-state index in [0.29, 0.717) is 6.54 Å². The van der Waals surface area contributed by atoms with Gasteiger partial charge in [0.15, 0.2) is 0 Å². The van der Waals surface area contributed by atoms with Crippen LogP contribution in [0.3, 0.4) is 0 Å². The standard InChI is InChI=1S/C10H20N2O2/c1-7(2)11-10(13)9-6-12(4)5-8(3)14-9/h7-9H,5-6H2,1-4H3,(H,11,13)/t8-,9-/m1/s1.